The van der Waals surface area contributed by atoms with Gasteiger partial charge in [0, 0.05) is 6.07 Å². The smallest absolute Gasteiger partial charge is 0.366 e. The summed E-state index contributed by atoms with van der Waals surface area (Å²) in [5.41, 5.74) is -1.23. The fourth-order valence-corrected chi connectivity index (χ4v) is 2.47. The van der Waals surface area contributed by atoms with Gasteiger partial charge in [-0.3, -0.25) is 9.69 Å². The quantitative estimate of drug-likeness (QED) is 0.457. The molecule has 1 aromatic rings. The van der Waals surface area contributed by atoms with Gasteiger partial charge in [-0.15, -0.1) is 0 Å². The maximum Gasteiger partial charge on any atom is 0.366 e. The van der Waals surface area contributed by atoms with Gasteiger partial charge in [-0.25, -0.2) is 4.79 Å². The summed E-state index contributed by atoms with van der Waals surface area (Å²) in [7, 11) is 0. The average Bonchev–Trinajstić information content (AvgIpc) is 2.51. The third-order valence-electron chi connectivity index (χ3n) is 3.60. The molecule has 1 atom stereocenters. The topological polar surface area (TPSA) is 112 Å². The van der Waals surface area contributed by atoms with Crippen molar-refractivity contribution in [2.45, 2.75) is 45.8 Å². The second-order valence-electron chi connectivity index (χ2n) is 5.71. The van der Waals surface area contributed by atoms with Crippen molar-refractivity contribution in [1.82, 2.24) is 4.98 Å². The maximum absolute atomic E-state index is 12.8. The summed E-state index contributed by atoms with van der Waals surface area (Å²) in [6.45, 7) is 6.66. The van der Waals surface area contributed by atoms with Crippen LogP contribution in [-0.4, -0.2) is 40.0 Å². The molecule has 1 aromatic heterocycles. The molecule has 130 valence electrons. The average molecular weight is 337 g/mol. The summed E-state index contributed by atoms with van der Waals surface area (Å²) in [6, 6.07) is 1.63. The summed E-state index contributed by atoms with van der Waals surface area (Å²) in [5.74, 6) is -1.39. The molecular formula is C15H19N3O6. The number of nitro groups is 1. The van der Waals surface area contributed by atoms with Gasteiger partial charge >= 0.3 is 11.8 Å². The van der Waals surface area contributed by atoms with Crippen molar-refractivity contribution in [2.24, 2.45) is 0 Å². The highest BCUT2D eigenvalue weighted by molar-refractivity contribution is 6.05. The van der Waals surface area contributed by atoms with E-state index in [4.69, 9.17) is 9.47 Å². The Bertz CT molecular complexity index is 688. The number of nitrogens with zero attached hydrogens (tertiary/aromatic N) is 3. The largest absolute Gasteiger partial charge is 0.472 e. The van der Waals surface area contributed by atoms with Crippen molar-refractivity contribution in [3.63, 3.8) is 0 Å². The van der Waals surface area contributed by atoms with Gasteiger partial charge in [-0.05, 0) is 43.2 Å². The summed E-state index contributed by atoms with van der Waals surface area (Å²) < 4.78 is 10.6. The third-order valence-corrected chi connectivity index (χ3v) is 3.60. The zero-order valence-electron chi connectivity index (χ0n) is 13.9. The number of fused-ring (bicyclic) bond motifs is 1. The first-order valence-electron chi connectivity index (χ1n) is 7.57. The van der Waals surface area contributed by atoms with Gasteiger partial charge in [-0.1, -0.05) is 6.92 Å². The molecule has 0 bridgehead atoms. The van der Waals surface area contributed by atoms with E-state index >= 15 is 0 Å². The summed E-state index contributed by atoms with van der Waals surface area (Å²) in [4.78, 5) is 40.4. The number of ether oxygens (including phenoxy) is 2. The highest BCUT2D eigenvalue weighted by atomic mass is 16.6. The Balaban J connectivity index is 2.59. The number of esters is 1. The minimum absolute atomic E-state index is 0.0478. The summed E-state index contributed by atoms with van der Waals surface area (Å²) in [6.07, 6.45) is 0.268. The van der Waals surface area contributed by atoms with Crippen molar-refractivity contribution in [3.05, 3.63) is 22.2 Å². The molecule has 9 nitrogen and oxygen atoms in total. The van der Waals surface area contributed by atoms with Crippen LogP contribution in [0.3, 0.4) is 0 Å². The maximum atomic E-state index is 12.8. The second kappa shape index (κ2) is 6.42. The molecule has 2 rings (SSSR count). The molecule has 0 fully saturated rings. The molecule has 0 aromatic carbocycles. The van der Waals surface area contributed by atoms with Crippen LogP contribution < -0.4 is 9.64 Å². The van der Waals surface area contributed by atoms with E-state index in [9.17, 15) is 19.7 Å². The minimum atomic E-state index is -1.23. The van der Waals surface area contributed by atoms with Crippen molar-refractivity contribution in [1.29, 1.82) is 0 Å². The number of carbonyl (C=O) groups is 2. The monoisotopic (exact) mass is 337 g/mol. The molecule has 1 amide bonds. The van der Waals surface area contributed by atoms with E-state index in [1.165, 1.54) is 12.1 Å². The van der Waals surface area contributed by atoms with Gasteiger partial charge < -0.3 is 19.6 Å². The minimum Gasteiger partial charge on any atom is -0.472 e. The predicted molar refractivity (Wildman–Crippen MR) is 83.8 cm³/mol. The molecule has 1 aliphatic rings. The Morgan fingerprint density at radius 1 is 1.46 bits per heavy atom. The molecule has 1 unspecified atom stereocenters. The fourth-order valence-electron chi connectivity index (χ4n) is 2.47. The van der Waals surface area contributed by atoms with E-state index in [1.54, 1.807) is 27.7 Å². The van der Waals surface area contributed by atoms with Crippen LogP contribution in [0, 0.1) is 10.1 Å². The van der Waals surface area contributed by atoms with Crippen LogP contribution in [0.25, 0.3) is 0 Å². The SMILES string of the molecule is CCOC(=O)C(CC)N1C(=O)C(C)(C)Oc2ccc([N+](=O)[O-])nc21. The highest BCUT2D eigenvalue weighted by Crippen LogP contribution is 2.39. The van der Waals surface area contributed by atoms with Crippen LogP contribution in [0.15, 0.2) is 12.1 Å². The molecule has 0 saturated carbocycles. The molecule has 2 heterocycles. The van der Waals surface area contributed by atoms with E-state index < -0.39 is 34.3 Å². The number of hydrogen-bond donors (Lipinski definition) is 0. The number of amides is 1. The van der Waals surface area contributed by atoms with E-state index in [0.29, 0.717) is 0 Å². The Kier molecular flexibility index (Phi) is 4.72. The van der Waals surface area contributed by atoms with Crippen molar-refractivity contribution in [3.8, 4) is 5.75 Å². The molecule has 0 aliphatic carbocycles. The zero-order chi connectivity index (χ0) is 18.1. The predicted octanol–water partition coefficient (Wildman–Crippen LogP) is 1.84. The number of rotatable bonds is 5. The third kappa shape index (κ3) is 3.01. The standard InChI is InChI=1S/C15H19N3O6/c1-5-9(13(19)23-6-2)17-12-10(24-15(3,4)14(17)20)7-8-11(16-12)18(21)22/h7-9H,5-6H2,1-4H3. The first kappa shape index (κ1) is 17.6. The molecule has 9 heteroatoms. The lowest BCUT2D eigenvalue weighted by Crippen LogP contribution is -2.58. The van der Waals surface area contributed by atoms with Gasteiger partial charge in [0.1, 0.15) is 6.04 Å². The number of hydrogen-bond acceptors (Lipinski definition) is 7. The van der Waals surface area contributed by atoms with E-state index in [2.05, 4.69) is 4.98 Å². The number of aromatic nitrogens is 1. The van der Waals surface area contributed by atoms with Crippen LogP contribution in [0.4, 0.5) is 11.6 Å². The van der Waals surface area contributed by atoms with Gasteiger partial charge in [0.05, 0.1) is 6.61 Å². The fraction of sp³-hybridized carbons (Fsp3) is 0.533. The normalized spacial score (nSPS) is 16.8. The Labute approximate surface area is 138 Å². The van der Waals surface area contributed by atoms with Crippen LogP contribution in [-0.2, 0) is 14.3 Å². The molecule has 0 spiro atoms. The van der Waals surface area contributed by atoms with Crippen LogP contribution in [0.1, 0.15) is 34.1 Å². The lowest BCUT2D eigenvalue weighted by atomic mass is 10.0. The Morgan fingerprint density at radius 2 is 2.12 bits per heavy atom. The first-order valence-corrected chi connectivity index (χ1v) is 7.57. The van der Waals surface area contributed by atoms with Crippen LogP contribution >= 0.6 is 0 Å². The number of pyridine rings is 1. The molecular weight excluding hydrogens is 318 g/mol. The van der Waals surface area contributed by atoms with Gasteiger partial charge in [-0.2, -0.15) is 0 Å². The Hall–Kier alpha value is -2.71. The summed E-state index contributed by atoms with van der Waals surface area (Å²) >= 11 is 0. The van der Waals surface area contributed by atoms with E-state index in [0.717, 1.165) is 4.90 Å². The lowest BCUT2D eigenvalue weighted by Gasteiger charge is -2.38. The Morgan fingerprint density at radius 3 is 2.67 bits per heavy atom. The molecule has 24 heavy (non-hydrogen) atoms. The van der Waals surface area contributed by atoms with Gasteiger partial charge in [0.25, 0.3) is 11.7 Å². The second-order valence-corrected chi connectivity index (χ2v) is 5.71. The van der Waals surface area contributed by atoms with Crippen LogP contribution in [0.2, 0.25) is 0 Å². The first-order chi connectivity index (χ1) is 11.2. The van der Waals surface area contributed by atoms with Crippen LogP contribution in [0.5, 0.6) is 5.75 Å². The molecule has 0 saturated heterocycles. The van der Waals surface area contributed by atoms with Crippen molar-refractivity contribution >= 4 is 23.5 Å². The van der Waals surface area contributed by atoms with E-state index in [-0.39, 0.29) is 24.6 Å². The van der Waals surface area contributed by atoms with Crippen molar-refractivity contribution in [2.75, 3.05) is 11.5 Å². The van der Waals surface area contributed by atoms with Gasteiger partial charge in [0.15, 0.2) is 11.4 Å². The molecule has 1 aliphatic heterocycles. The van der Waals surface area contributed by atoms with E-state index in [1.807, 2.05) is 0 Å². The molecule has 0 N–H and O–H groups in total. The molecule has 0 radical (unpaired) electrons. The van der Waals surface area contributed by atoms with Gasteiger partial charge in [0.2, 0.25) is 0 Å². The zero-order valence-corrected chi connectivity index (χ0v) is 13.9. The summed E-state index contributed by atoms with van der Waals surface area (Å²) in [5, 5.41) is 11.0. The highest BCUT2D eigenvalue weighted by Gasteiger charge is 2.48. The number of carbonyl (C=O) groups excluding carboxylic acids is 2. The number of anilines is 1. The lowest BCUT2D eigenvalue weighted by molar-refractivity contribution is -0.389. The van der Waals surface area contributed by atoms with Crippen molar-refractivity contribution < 1.29 is 24.0 Å².